The van der Waals surface area contributed by atoms with E-state index in [2.05, 4.69) is 9.97 Å². The maximum atomic E-state index is 13.1. The molecule has 0 bridgehead atoms. The molecular formula is C22H20FN3O4S. The van der Waals surface area contributed by atoms with Gasteiger partial charge < -0.3 is 14.6 Å². The predicted octanol–water partition coefficient (Wildman–Crippen LogP) is 3.86. The molecule has 0 radical (unpaired) electrons. The van der Waals surface area contributed by atoms with Crippen molar-refractivity contribution in [2.45, 2.75) is 19.8 Å². The van der Waals surface area contributed by atoms with Crippen LogP contribution in [0.2, 0.25) is 0 Å². The number of halogens is 1. The minimum Gasteiger partial charge on any atom is -0.453 e. The summed E-state index contributed by atoms with van der Waals surface area (Å²) in [4.78, 5) is 46.4. The Labute approximate surface area is 181 Å². The molecular weight excluding hydrogens is 421 g/mol. The predicted molar refractivity (Wildman–Crippen MR) is 113 cm³/mol. The van der Waals surface area contributed by atoms with Crippen molar-refractivity contribution >= 4 is 29.0 Å². The summed E-state index contributed by atoms with van der Waals surface area (Å²) in [7, 11) is 0. The molecule has 31 heavy (non-hydrogen) atoms. The summed E-state index contributed by atoms with van der Waals surface area (Å²) in [6, 6.07) is 7.30. The van der Waals surface area contributed by atoms with Crippen LogP contribution < -0.4 is 0 Å². The lowest BCUT2D eigenvalue weighted by Crippen LogP contribution is -2.27. The van der Waals surface area contributed by atoms with E-state index >= 15 is 0 Å². The number of likely N-dealkylation sites (tertiary alicyclic amines) is 1. The number of esters is 1. The average Bonchev–Trinajstić information content (AvgIpc) is 3.52. The second-order valence-corrected chi connectivity index (χ2v) is 8.24. The number of thiazole rings is 1. The van der Waals surface area contributed by atoms with Gasteiger partial charge in [-0.25, -0.2) is 14.2 Å². The maximum absolute atomic E-state index is 13.1. The van der Waals surface area contributed by atoms with Crippen molar-refractivity contribution in [2.75, 3.05) is 19.7 Å². The fourth-order valence-electron chi connectivity index (χ4n) is 3.35. The Kier molecular flexibility index (Phi) is 5.94. The molecule has 1 amide bonds. The second-order valence-electron chi connectivity index (χ2n) is 7.24. The van der Waals surface area contributed by atoms with Crippen LogP contribution in [-0.2, 0) is 4.74 Å². The van der Waals surface area contributed by atoms with Gasteiger partial charge in [0.25, 0.3) is 5.91 Å². The number of Topliss-reactive ketones (excluding diaryl/α,β-unsaturated/α-hetero) is 1. The molecule has 4 rings (SSSR count). The first-order valence-corrected chi connectivity index (χ1v) is 10.7. The van der Waals surface area contributed by atoms with Gasteiger partial charge in [-0.1, -0.05) is 0 Å². The molecule has 0 unspecified atom stereocenters. The molecule has 3 aromatic rings. The number of aromatic amines is 1. The van der Waals surface area contributed by atoms with E-state index in [1.165, 1.54) is 24.4 Å². The number of ether oxygens (including phenoxy) is 1. The fraction of sp³-hybridized carbons (Fsp3) is 0.273. The van der Waals surface area contributed by atoms with E-state index in [9.17, 15) is 18.8 Å². The zero-order valence-corrected chi connectivity index (χ0v) is 17.6. The lowest BCUT2D eigenvalue weighted by atomic mass is 10.2. The molecule has 0 spiro atoms. The van der Waals surface area contributed by atoms with Gasteiger partial charge in [-0.3, -0.25) is 9.59 Å². The van der Waals surface area contributed by atoms with Crippen LogP contribution >= 0.6 is 11.3 Å². The van der Waals surface area contributed by atoms with E-state index in [-0.39, 0.29) is 22.2 Å². The molecule has 0 aliphatic carbocycles. The van der Waals surface area contributed by atoms with Crippen LogP contribution in [-0.4, -0.2) is 52.2 Å². The lowest BCUT2D eigenvalue weighted by molar-refractivity contribution is 0.0478. The van der Waals surface area contributed by atoms with E-state index in [0.29, 0.717) is 35.0 Å². The van der Waals surface area contributed by atoms with Gasteiger partial charge in [-0.15, -0.1) is 11.3 Å². The van der Waals surface area contributed by atoms with Crippen molar-refractivity contribution in [3.05, 3.63) is 64.2 Å². The smallest absolute Gasteiger partial charge is 0.350 e. The highest BCUT2D eigenvalue weighted by Gasteiger charge is 2.23. The lowest BCUT2D eigenvalue weighted by Gasteiger charge is -2.13. The van der Waals surface area contributed by atoms with Crippen LogP contribution in [0.1, 0.15) is 49.1 Å². The molecule has 9 heteroatoms. The normalized spacial score (nSPS) is 13.4. The summed E-state index contributed by atoms with van der Waals surface area (Å²) in [6.45, 7) is 2.65. The summed E-state index contributed by atoms with van der Waals surface area (Å²) < 4.78 is 18.3. The van der Waals surface area contributed by atoms with Gasteiger partial charge in [0.2, 0.25) is 5.78 Å². The number of ketones is 1. The number of benzene rings is 1. The Bertz CT molecular complexity index is 1130. The number of carbonyl (C=O) groups is 3. The monoisotopic (exact) mass is 441 g/mol. The quantitative estimate of drug-likeness (QED) is 0.463. The van der Waals surface area contributed by atoms with E-state index in [4.69, 9.17) is 4.74 Å². The Balaban J connectivity index is 1.38. The van der Waals surface area contributed by atoms with Crippen molar-refractivity contribution in [1.82, 2.24) is 14.9 Å². The van der Waals surface area contributed by atoms with Gasteiger partial charge in [0.1, 0.15) is 21.4 Å². The summed E-state index contributed by atoms with van der Waals surface area (Å²) in [5.74, 6) is -1.56. The zero-order chi connectivity index (χ0) is 22.0. The fourth-order valence-corrected chi connectivity index (χ4v) is 4.32. The Morgan fingerprint density at radius 1 is 1.19 bits per heavy atom. The number of carbonyl (C=O) groups excluding carboxylic acids is 3. The van der Waals surface area contributed by atoms with Crippen molar-refractivity contribution in [2.24, 2.45) is 0 Å². The van der Waals surface area contributed by atoms with Gasteiger partial charge in [-0.05, 0) is 50.1 Å². The molecule has 3 heterocycles. The highest BCUT2D eigenvalue weighted by molar-refractivity contribution is 7.17. The number of H-pyrrole nitrogens is 1. The standard InChI is InChI=1S/C22H20FN3O4S/c1-13-19(31-20(25-13)14-4-6-16(23)7-5-14)22(29)30-12-18(27)15-10-17(24-11-15)21(28)26-8-2-3-9-26/h4-7,10-11,24H,2-3,8-9,12H2,1H3. The second kappa shape index (κ2) is 8.81. The van der Waals surface area contributed by atoms with Crippen molar-refractivity contribution < 1.29 is 23.5 Å². The van der Waals surface area contributed by atoms with E-state index < -0.39 is 18.4 Å². The Hall–Kier alpha value is -3.33. The number of rotatable bonds is 6. The van der Waals surface area contributed by atoms with Crippen LogP contribution in [0.5, 0.6) is 0 Å². The number of amides is 1. The molecule has 1 aromatic carbocycles. The molecule has 1 aliphatic heterocycles. The Morgan fingerprint density at radius 3 is 2.61 bits per heavy atom. The molecule has 0 atom stereocenters. The van der Waals surface area contributed by atoms with Gasteiger partial charge >= 0.3 is 5.97 Å². The largest absolute Gasteiger partial charge is 0.453 e. The molecule has 1 saturated heterocycles. The first-order valence-electron chi connectivity index (χ1n) is 9.84. The topological polar surface area (TPSA) is 92.4 Å². The Morgan fingerprint density at radius 2 is 1.90 bits per heavy atom. The van der Waals surface area contributed by atoms with E-state index in [1.54, 1.807) is 24.0 Å². The number of aryl methyl sites for hydroxylation is 1. The van der Waals surface area contributed by atoms with Crippen LogP contribution in [0.4, 0.5) is 4.39 Å². The van der Waals surface area contributed by atoms with Crippen molar-refractivity contribution in [1.29, 1.82) is 0 Å². The summed E-state index contributed by atoms with van der Waals surface area (Å²) in [5.41, 5.74) is 1.79. The van der Waals surface area contributed by atoms with Gasteiger partial charge in [-0.2, -0.15) is 0 Å². The zero-order valence-electron chi connectivity index (χ0n) is 16.8. The molecule has 0 saturated carbocycles. The molecule has 1 aliphatic rings. The average molecular weight is 441 g/mol. The number of hydrogen-bond acceptors (Lipinski definition) is 6. The van der Waals surface area contributed by atoms with Gasteiger partial charge in [0.05, 0.1) is 5.69 Å². The third-order valence-corrected chi connectivity index (χ3v) is 6.22. The maximum Gasteiger partial charge on any atom is 0.350 e. The van der Waals surface area contributed by atoms with Crippen molar-refractivity contribution in [3.8, 4) is 10.6 Å². The molecule has 7 nitrogen and oxygen atoms in total. The van der Waals surface area contributed by atoms with Crippen LogP contribution in [0.3, 0.4) is 0 Å². The number of nitrogens with zero attached hydrogens (tertiary/aromatic N) is 2. The minimum atomic E-state index is -0.652. The highest BCUT2D eigenvalue weighted by Crippen LogP contribution is 2.28. The highest BCUT2D eigenvalue weighted by atomic mass is 32.1. The minimum absolute atomic E-state index is 0.137. The molecule has 1 N–H and O–H groups in total. The number of aromatic nitrogens is 2. The van der Waals surface area contributed by atoms with Gasteiger partial charge in [0, 0.05) is 30.4 Å². The molecule has 1 fully saturated rings. The molecule has 160 valence electrons. The van der Waals surface area contributed by atoms with Crippen LogP contribution in [0.25, 0.3) is 10.6 Å². The summed E-state index contributed by atoms with van der Waals surface area (Å²) in [5, 5.41) is 0.562. The van der Waals surface area contributed by atoms with Crippen molar-refractivity contribution in [3.63, 3.8) is 0 Å². The van der Waals surface area contributed by atoms with Crippen LogP contribution in [0, 0.1) is 12.7 Å². The number of hydrogen-bond donors (Lipinski definition) is 1. The van der Waals surface area contributed by atoms with E-state index in [1.807, 2.05) is 0 Å². The first-order chi connectivity index (χ1) is 14.9. The summed E-state index contributed by atoms with van der Waals surface area (Å²) >= 11 is 1.12. The van der Waals surface area contributed by atoms with Gasteiger partial charge in [0.15, 0.2) is 6.61 Å². The molecule has 2 aromatic heterocycles. The van der Waals surface area contributed by atoms with E-state index in [0.717, 1.165) is 24.2 Å². The third-order valence-electron chi connectivity index (χ3n) is 5.04. The first kappa shape index (κ1) is 20.9. The number of nitrogens with one attached hydrogen (secondary N) is 1. The SMILES string of the molecule is Cc1nc(-c2ccc(F)cc2)sc1C(=O)OCC(=O)c1c[nH]c(C(=O)N2CCCC2)c1. The third kappa shape index (κ3) is 4.56. The summed E-state index contributed by atoms with van der Waals surface area (Å²) in [6.07, 6.45) is 3.41. The van der Waals surface area contributed by atoms with Crippen LogP contribution in [0.15, 0.2) is 36.5 Å².